The van der Waals surface area contributed by atoms with E-state index in [4.69, 9.17) is 30.5 Å². The second kappa shape index (κ2) is 11.5. The van der Waals surface area contributed by atoms with E-state index in [0.29, 0.717) is 23.2 Å². The van der Waals surface area contributed by atoms with Crippen molar-refractivity contribution in [1.82, 2.24) is 14.8 Å². The quantitative estimate of drug-likeness (QED) is 0.238. The third-order valence-electron chi connectivity index (χ3n) is 5.55. The van der Waals surface area contributed by atoms with Crippen LogP contribution in [0.2, 0.25) is 5.15 Å². The smallest absolute Gasteiger partial charge is 0.311 e. The van der Waals surface area contributed by atoms with E-state index in [0.717, 1.165) is 48.1 Å². The number of carbonyl (C=O) groups is 1. The number of hydrogen-bond donors (Lipinski definition) is 0. The molecule has 3 aromatic rings. The number of ether oxygens (including phenoxy) is 4. The van der Waals surface area contributed by atoms with Crippen LogP contribution < -0.4 is 4.74 Å². The average molecular weight is 486 g/mol. The van der Waals surface area contributed by atoms with Gasteiger partial charge in [-0.25, -0.2) is 9.67 Å². The van der Waals surface area contributed by atoms with Crippen molar-refractivity contribution >= 4 is 17.6 Å². The molecule has 0 radical (unpaired) electrons. The largest absolute Gasteiger partial charge is 0.467 e. The molecule has 3 heterocycles. The lowest BCUT2D eigenvalue weighted by molar-refractivity contribution is -0.142. The van der Waals surface area contributed by atoms with Crippen LogP contribution in [-0.4, -0.2) is 47.9 Å². The summed E-state index contributed by atoms with van der Waals surface area (Å²) in [5.41, 5.74) is 3.91. The first-order valence-electron chi connectivity index (χ1n) is 11.3. The number of halogens is 1. The fraction of sp³-hybridized carbons (Fsp3) is 0.400. The first kappa shape index (κ1) is 24.2. The highest BCUT2D eigenvalue weighted by molar-refractivity contribution is 6.29. The molecular weight excluding hydrogens is 458 g/mol. The number of rotatable bonds is 9. The van der Waals surface area contributed by atoms with Crippen molar-refractivity contribution in [3.63, 3.8) is 0 Å². The van der Waals surface area contributed by atoms with Crippen LogP contribution in [-0.2, 0) is 25.4 Å². The second-order valence-electron chi connectivity index (χ2n) is 7.90. The molecule has 9 heteroatoms. The van der Waals surface area contributed by atoms with Gasteiger partial charge in [-0.2, -0.15) is 5.10 Å². The maximum Gasteiger partial charge on any atom is 0.311 e. The molecule has 180 valence electrons. The monoisotopic (exact) mass is 485 g/mol. The molecule has 1 unspecified atom stereocenters. The van der Waals surface area contributed by atoms with E-state index in [1.807, 2.05) is 41.3 Å². The number of pyridine rings is 1. The molecule has 1 saturated heterocycles. The zero-order valence-corrected chi connectivity index (χ0v) is 20.1. The highest BCUT2D eigenvalue weighted by Gasteiger charge is 2.19. The molecule has 0 spiro atoms. The van der Waals surface area contributed by atoms with Crippen molar-refractivity contribution in [3.05, 3.63) is 53.6 Å². The molecule has 8 nitrogen and oxygen atoms in total. The Bertz CT molecular complexity index is 1130. The van der Waals surface area contributed by atoms with Gasteiger partial charge in [-0.15, -0.1) is 0 Å². The molecular formula is C25H28ClN3O5. The molecule has 2 aromatic heterocycles. The Morgan fingerprint density at radius 3 is 2.82 bits per heavy atom. The second-order valence-corrected chi connectivity index (χ2v) is 8.29. The topological polar surface area (TPSA) is 84.7 Å². The summed E-state index contributed by atoms with van der Waals surface area (Å²) >= 11 is 6.13. The summed E-state index contributed by atoms with van der Waals surface area (Å²) in [6, 6.07) is 9.38. The van der Waals surface area contributed by atoms with Crippen molar-refractivity contribution in [2.24, 2.45) is 0 Å². The maximum absolute atomic E-state index is 12.2. The first-order chi connectivity index (χ1) is 16.6. The Kier molecular flexibility index (Phi) is 8.16. The molecule has 0 amide bonds. The normalized spacial score (nSPS) is 15.8. The third-order valence-corrected chi connectivity index (χ3v) is 5.76. The van der Waals surface area contributed by atoms with E-state index < -0.39 is 0 Å². The van der Waals surface area contributed by atoms with E-state index in [2.05, 4.69) is 10.1 Å². The van der Waals surface area contributed by atoms with Crippen molar-refractivity contribution < 1.29 is 23.7 Å². The van der Waals surface area contributed by atoms with Gasteiger partial charge in [0.25, 0.3) is 0 Å². The van der Waals surface area contributed by atoms with Gasteiger partial charge in [0.15, 0.2) is 6.79 Å². The zero-order valence-electron chi connectivity index (χ0n) is 19.3. The summed E-state index contributed by atoms with van der Waals surface area (Å²) in [6.07, 6.45) is 6.95. The number of benzene rings is 1. The molecule has 1 aromatic carbocycles. The van der Waals surface area contributed by atoms with Gasteiger partial charge in [0.2, 0.25) is 0 Å². The molecule has 0 saturated carbocycles. The number of methoxy groups -OCH3 is 1. The van der Waals surface area contributed by atoms with Gasteiger partial charge in [-0.05, 0) is 56.0 Å². The Balaban J connectivity index is 1.68. The minimum Gasteiger partial charge on any atom is -0.467 e. The molecule has 0 N–H and O–H groups in total. The highest BCUT2D eigenvalue weighted by atomic mass is 35.5. The lowest BCUT2D eigenvalue weighted by atomic mass is 9.98. The predicted octanol–water partition coefficient (Wildman–Crippen LogP) is 5.05. The number of esters is 1. The number of nitrogens with zero attached hydrogens (tertiary/aromatic N) is 3. The van der Waals surface area contributed by atoms with Crippen molar-refractivity contribution in [3.8, 4) is 28.0 Å². The lowest BCUT2D eigenvalue weighted by Crippen LogP contribution is -2.18. The van der Waals surface area contributed by atoms with Gasteiger partial charge in [0.1, 0.15) is 17.1 Å². The van der Waals surface area contributed by atoms with Crippen LogP contribution >= 0.6 is 11.6 Å². The Morgan fingerprint density at radius 2 is 2.06 bits per heavy atom. The fourth-order valence-corrected chi connectivity index (χ4v) is 4.11. The van der Waals surface area contributed by atoms with E-state index in [1.165, 1.54) is 0 Å². The van der Waals surface area contributed by atoms with Crippen molar-refractivity contribution in [1.29, 1.82) is 0 Å². The van der Waals surface area contributed by atoms with Crippen LogP contribution in [0.5, 0.6) is 5.75 Å². The zero-order chi connectivity index (χ0) is 23.9. The summed E-state index contributed by atoms with van der Waals surface area (Å²) in [4.78, 5) is 16.5. The summed E-state index contributed by atoms with van der Waals surface area (Å²) in [5.74, 6) is 0.224. The van der Waals surface area contributed by atoms with E-state index in [-0.39, 0.29) is 25.4 Å². The summed E-state index contributed by atoms with van der Waals surface area (Å²) in [6.45, 7) is 2.89. The fourth-order valence-electron chi connectivity index (χ4n) is 3.95. The van der Waals surface area contributed by atoms with Crippen LogP contribution in [0.1, 0.15) is 38.1 Å². The van der Waals surface area contributed by atoms with Crippen LogP contribution in [0.3, 0.4) is 0 Å². The highest BCUT2D eigenvalue weighted by Crippen LogP contribution is 2.37. The van der Waals surface area contributed by atoms with Gasteiger partial charge in [-0.3, -0.25) is 4.79 Å². The van der Waals surface area contributed by atoms with E-state index >= 15 is 0 Å². The minimum absolute atomic E-state index is 0.00333. The third kappa shape index (κ3) is 5.75. The van der Waals surface area contributed by atoms with Crippen LogP contribution in [0, 0.1) is 0 Å². The van der Waals surface area contributed by atoms with Crippen LogP contribution in [0.4, 0.5) is 0 Å². The minimum atomic E-state index is -0.369. The Morgan fingerprint density at radius 1 is 1.21 bits per heavy atom. The molecule has 1 atom stereocenters. The molecule has 4 rings (SSSR count). The van der Waals surface area contributed by atoms with E-state index in [9.17, 15) is 4.79 Å². The Labute approximate surface area is 203 Å². The van der Waals surface area contributed by atoms with Gasteiger partial charge in [0.05, 0.1) is 24.9 Å². The molecule has 0 aliphatic carbocycles. The molecule has 0 bridgehead atoms. The van der Waals surface area contributed by atoms with Crippen LogP contribution in [0.15, 0.2) is 42.7 Å². The van der Waals surface area contributed by atoms with Gasteiger partial charge in [-0.1, -0.05) is 17.7 Å². The molecule has 1 aliphatic heterocycles. The van der Waals surface area contributed by atoms with Crippen LogP contribution in [0.25, 0.3) is 22.3 Å². The Hall–Kier alpha value is -2.94. The first-order valence-corrected chi connectivity index (χ1v) is 11.7. The standard InChI is InChI=1S/C25H28ClN3O5/c1-3-32-25(30)13-21-19(9-10-23(26)28-21)20-8-7-17(12-22(20)34-16-31-2)18-14-27-29(15-18)24-6-4-5-11-33-24/h7-10,12,14-15,24H,3-6,11,13,16H2,1-2H3. The van der Waals surface area contributed by atoms with Gasteiger partial charge >= 0.3 is 5.97 Å². The lowest BCUT2D eigenvalue weighted by Gasteiger charge is -2.22. The molecule has 1 fully saturated rings. The predicted molar refractivity (Wildman–Crippen MR) is 128 cm³/mol. The van der Waals surface area contributed by atoms with Crippen molar-refractivity contribution in [2.45, 2.75) is 38.8 Å². The summed E-state index contributed by atoms with van der Waals surface area (Å²) in [7, 11) is 1.56. The average Bonchev–Trinajstić information content (AvgIpc) is 3.34. The van der Waals surface area contributed by atoms with Gasteiger partial charge in [0, 0.05) is 36.6 Å². The summed E-state index contributed by atoms with van der Waals surface area (Å²) < 4.78 is 23.9. The SMILES string of the molecule is CCOC(=O)Cc1nc(Cl)ccc1-c1ccc(-c2cnn(C3CCCCO3)c2)cc1OCOC. The number of aromatic nitrogens is 3. The van der Waals surface area contributed by atoms with E-state index in [1.54, 1.807) is 20.1 Å². The number of hydrogen-bond acceptors (Lipinski definition) is 7. The maximum atomic E-state index is 12.2. The summed E-state index contributed by atoms with van der Waals surface area (Å²) in [5, 5.41) is 4.81. The molecule has 34 heavy (non-hydrogen) atoms. The molecule has 1 aliphatic rings. The van der Waals surface area contributed by atoms with Crippen molar-refractivity contribution in [2.75, 3.05) is 27.1 Å². The number of carbonyl (C=O) groups excluding carboxylic acids is 1. The van der Waals surface area contributed by atoms with Gasteiger partial charge < -0.3 is 18.9 Å².